The quantitative estimate of drug-likeness (QED) is 0.739. The number of hydrogen-bond donors (Lipinski definition) is 0. The van der Waals surface area contributed by atoms with Crippen molar-refractivity contribution in [3.8, 4) is 0 Å². The van der Waals surface area contributed by atoms with E-state index in [0.717, 1.165) is 37.9 Å². The first-order valence-corrected chi connectivity index (χ1v) is 8.69. The molecule has 1 amide bonds. The van der Waals surface area contributed by atoms with E-state index in [2.05, 4.69) is 39.2 Å². The lowest BCUT2D eigenvalue weighted by Gasteiger charge is -2.32. The Hall–Kier alpha value is -2.82. The summed E-state index contributed by atoms with van der Waals surface area (Å²) in [7, 11) is 0. The second-order valence-corrected chi connectivity index (χ2v) is 6.52. The van der Waals surface area contributed by atoms with Crippen molar-refractivity contribution < 1.29 is 4.79 Å². The van der Waals surface area contributed by atoms with E-state index >= 15 is 0 Å². The molecular weight excluding hydrogens is 312 g/mol. The monoisotopic (exact) mass is 332 g/mol. The van der Waals surface area contributed by atoms with E-state index < -0.39 is 0 Å². The fourth-order valence-corrected chi connectivity index (χ4v) is 3.58. The van der Waals surface area contributed by atoms with Crippen LogP contribution in [0.1, 0.15) is 28.9 Å². The van der Waals surface area contributed by atoms with Crippen LogP contribution in [0.3, 0.4) is 0 Å². The van der Waals surface area contributed by atoms with Gasteiger partial charge in [-0.1, -0.05) is 18.2 Å². The number of piperidine rings is 1. The molecule has 1 aliphatic rings. The average molecular weight is 332 g/mol. The Bertz CT molecular complexity index is 868. The smallest absolute Gasteiger partial charge is 0.272 e. The van der Waals surface area contributed by atoms with Crippen LogP contribution in [-0.4, -0.2) is 38.8 Å². The van der Waals surface area contributed by atoms with Crippen LogP contribution in [0.15, 0.2) is 55.1 Å². The first-order valence-electron chi connectivity index (χ1n) is 8.69. The van der Waals surface area contributed by atoms with E-state index in [9.17, 15) is 4.79 Å². The van der Waals surface area contributed by atoms with E-state index in [4.69, 9.17) is 0 Å². The third-order valence-electron chi connectivity index (χ3n) is 4.95. The molecule has 5 heteroatoms. The summed E-state index contributed by atoms with van der Waals surface area (Å²) >= 11 is 0. The standard InChI is InChI=1S/C20H20N4O/c25-20(19-6-10-21-14-23-19)24-11-7-15(8-12-24)13-16-3-1-5-18-17(16)4-2-9-22-18/h1-6,9-10,14-15H,7-8,11-13H2. The molecule has 5 nitrogen and oxygen atoms in total. The minimum atomic E-state index is 0.00945. The van der Waals surface area contributed by atoms with Crippen LogP contribution in [-0.2, 0) is 6.42 Å². The summed E-state index contributed by atoms with van der Waals surface area (Å²) in [6, 6.07) is 12.2. The summed E-state index contributed by atoms with van der Waals surface area (Å²) in [5.41, 5.74) is 2.89. The highest BCUT2D eigenvalue weighted by Gasteiger charge is 2.24. The van der Waals surface area contributed by atoms with Gasteiger partial charge in [-0.2, -0.15) is 0 Å². The molecule has 1 aliphatic heterocycles. The van der Waals surface area contributed by atoms with Crippen molar-refractivity contribution in [2.24, 2.45) is 5.92 Å². The lowest BCUT2D eigenvalue weighted by atomic mass is 9.88. The molecule has 3 heterocycles. The van der Waals surface area contributed by atoms with Gasteiger partial charge in [-0.25, -0.2) is 9.97 Å². The van der Waals surface area contributed by atoms with Crippen LogP contribution in [0, 0.1) is 5.92 Å². The first kappa shape index (κ1) is 15.7. The van der Waals surface area contributed by atoms with Crippen LogP contribution < -0.4 is 0 Å². The number of hydrogen-bond acceptors (Lipinski definition) is 4. The first-order chi connectivity index (χ1) is 12.3. The number of carbonyl (C=O) groups excluding carboxylic acids is 1. The zero-order valence-electron chi connectivity index (χ0n) is 14.0. The second-order valence-electron chi connectivity index (χ2n) is 6.52. The van der Waals surface area contributed by atoms with E-state index in [1.165, 1.54) is 17.3 Å². The number of carbonyl (C=O) groups is 1. The fraction of sp³-hybridized carbons (Fsp3) is 0.300. The number of nitrogens with zero attached hydrogens (tertiary/aromatic N) is 4. The maximum Gasteiger partial charge on any atom is 0.272 e. The summed E-state index contributed by atoms with van der Waals surface area (Å²) in [6.45, 7) is 1.58. The van der Waals surface area contributed by atoms with Crippen molar-refractivity contribution in [2.75, 3.05) is 13.1 Å². The van der Waals surface area contributed by atoms with Gasteiger partial charge in [0.15, 0.2) is 0 Å². The Morgan fingerprint density at radius 1 is 1.04 bits per heavy atom. The average Bonchev–Trinajstić information content (AvgIpc) is 2.69. The van der Waals surface area contributed by atoms with Gasteiger partial charge < -0.3 is 4.90 Å². The van der Waals surface area contributed by atoms with Crippen molar-refractivity contribution >= 4 is 16.8 Å². The third kappa shape index (κ3) is 3.36. The molecule has 0 atom stereocenters. The van der Waals surface area contributed by atoms with E-state index in [1.54, 1.807) is 12.3 Å². The maximum absolute atomic E-state index is 12.5. The molecule has 0 bridgehead atoms. The summed E-state index contributed by atoms with van der Waals surface area (Å²) < 4.78 is 0. The van der Waals surface area contributed by atoms with Crippen LogP contribution in [0.5, 0.6) is 0 Å². The van der Waals surface area contributed by atoms with Gasteiger partial charge in [0.05, 0.1) is 5.52 Å². The highest BCUT2D eigenvalue weighted by molar-refractivity contribution is 5.92. The van der Waals surface area contributed by atoms with Crippen LogP contribution >= 0.6 is 0 Å². The Morgan fingerprint density at radius 2 is 1.92 bits per heavy atom. The zero-order chi connectivity index (χ0) is 17.1. The number of amides is 1. The molecule has 0 spiro atoms. The molecular formula is C20H20N4O. The van der Waals surface area contributed by atoms with Crippen LogP contribution in [0.2, 0.25) is 0 Å². The molecule has 0 aliphatic carbocycles. The number of pyridine rings is 1. The number of aromatic nitrogens is 3. The summed E-state index contributed by atoms with van der Waals surface area (Å²) in [4.78, 5) is 26.7. The van der Waals surface area contributed by atoms with Crippen LogP contribution in [0.4, 0.5) is 0 Å². The molecule has 1 saturated heterocycles. The van der Waals surface area contributed by atoms with Gasteiger partial charge in [0.2, 0.25) is 0 Å². The molecule has 0 N–H and O–H groups in total. The number of likely N-dealkylation sites (tertiary alicyclic amines) is 1. The van der Waals surface area contributed by atoms with Crippen LogP contribution in [0.25, 0.3) is 10.9 Å². The molecule has 1 aromatic carbocycles. The van der Waals surface area contributed by atoms with Crippen molar-refractivity contribution in [3.63, 3.8) is 0 Å². The summed E-state index contributed by atoms with van der Waals surface area (Å²) in [5.74, 6) is 0.607. The van der Waals surface area contributed by atoms with Gasteiger partial charge in [0.1, 0.15) is 12.0 Å². The van der Waals surface area contributed by atoms with Gasteiger partial charge >= 0.3 is 0 Å². The molecule has 0 saturated carbocycles. The number of benzene rings is 1. The Balaban J connectivity index is 1.41. The van der Waals surface area contributed by atoms with Gasteiger partial charge in [-0.15, -0.1) is 0 Å². The van der Waals surface area contributed by atoms with Crippen molar-refractivity contribution in [3.05, 3.63) is 66.4 Å². The molecule has 3 aromatic rings. The summed E-state index contributed by atoms with van der Waals surface area (Å²) in [5, 5.41) is 1.24. The zero-order valence-corrected chi connectivity index (χ0v) is 14.0. The second kappa shape index (κ2) is 6.97. The summed E-state index contributed by atoms with van der Waals surface area (Å²) in [6.07, 6.45) is 7.96. The molecule has 1 fully saturated rings. The lowest BCUT2D eigenvalue weighted by molar-refractivity contribution is 0.0684. The Labute approximate surface area is 146 Å². The van der Waals surface area contributed by atoms with Crippen molar-refractivity contribution in [1.29, 1.82) is 0 Å². The molecule has 2 aromatic heterocycles. The highest BCUT2D eigenvalue weighted by atomic mass is 16.2. The lowest BCUT2D eigenvalue weighted by Crippen LogP contribution is -2.39. The number of rotatable bonds is 3. The van der Waals surface area contributed by atoms with Gasteiger partial charge in [-0.05, 0) is 48.9 Å². The van der Waals surface area contributed by atoms with Gasteiger partial charge in [0, 0.05) is 30.9 Å². The van der Waals surface area contributed by atoms with Gasteiger partial charge in [0.25, 0.3) is 5.91 Å². The molecule has 4 rings (SSSR count). The minimum Gasteiger partial charge on any atom is -0.337 e. The molecule has 25 heavy (non-hydrogen) atoms. The predicted octanol–water partition coefficient (Wildman–Crippen LogP) is 3.12. The SMILES string of the molecule is O=C(c1ccncn1)N1CCC(Cc2cccc3ncccc23)CC1. The Morgan fingerprint density at radius 3 is 2.72 bits per heavy atom. The molecule has 0 unspecified atom stereocenters. The minimum absolute atomic E-state index is 0.00945. The van der Waals surface area contributed by atoms with E-state index in [0.29, 0.717) is 11.6 Å². The third-order valence-corrected chi connectivity index (χ3v) is 4.95. The Kier molecular flexibility index (Phi) is 4.37. The topological polar surface area (TPSA) is 59.0 Å². The van der Waals surface area contributed by atoms with Crippen molar-refractivity contribution in [1.82, 2.24) is 19.9 Å². The molecule has 126 valence electrons. The van der Waals surface area contributed by atoms with E-state index in [-0.39, 0.29) is 5.91 Å². The largest absolute Gasteiger partial charge is 0.337 e. The number of fused-ring (bicyclic) bond motifs is 1. The van der Waals surface area contributed by atoms with Gasteiger partial charge in [-0.3, -0.25) is 9.78 Å². The molecule has 0 radical (unpaired) electrons. The highest BCUT2D eigenvalue weighted by Crippen LogP contribution is 2.26. The predicted molar refractivity (Wildman–Crippen MR) is 96.1 cm³/mol. The van der Waals surface area contributed by atoms with Crippen molar-refractivity contribution in [2.45, 2.75) is 19.3 Å². The van der Waals surface area contributed by atoms with E-state index in [1.807, 2.05) is 17.2 Å². The maximum atomic E-state index is 12.5. The fourth-order valence-electron chi connectivity index (χ4n) is 3.58. The normalized spacial score (nSPS) is 15.4.